The molecule has 0 bridgehead atoms. The summed E-state index contributed by atoms with van der Waals surface area (Å²) in [7, 11) is 4.53. The van der Waals surface area contributed by atoms with Gasteiger partial charge in [-0.25, -0.2) is 4.79 Å². The van der Waals surface area contributed by atoms with E-state index in [0.29, 0.717) is 35.8 Å². The van der Waals surface area contributed by atoms with Crippen LogP contribution < -0.4 is 14.2 Å². The number of carbonyl (C=O) groups excluding carboxylic acids is 1. The number of hydrogen-bond acceptors (Lipinski definition) is 5. The molecule has 1 aromatic carbocycles. The van der Waals surface area contributed by atoms with Crippen LogP contribution in [0.3, 0.4) is 0 Å². The number of methoxy groups -OCH3 is 3. The summed E-state index contributed by atoms with van der Waals surface area (Å²) in [5.41, 5.74) is 0.684. The average Bonchev–Trinajstić information content (AvgIpc) is 2.60. The number of carbonyl (C=O) groups is 2. The van der Waals surface area contributed by atoms with Crippen molar-refractivity contribution in [3.8, 4) is 17.2 Å². The van der Waals surface area contributed by atoms with E-state index in [-0.39, 0.29) is 12.3 Å². The van der Waals surface area contributed by atoms with Crippen LogP contribution in [0.5, 0.6) is 17.2 Å². The Morgan fingerprint density at radius 3 is 2.25 bits per heavy atom. The summed E-state index contributed by atoms with van der Waals surface area (Å²) in [6.45, 7) is 0.472. The molecular weight excluding hydrogens is 314 g/mol. The van der Waals surface area contributed by atoms with Crippen LogP contribution in [0.1, 0.15) is 24.8 Å². The number of carboxylic acid groups (broad SMARTS) is 1. The van der Waals surface area contributed by atoms with Gasteiger partial charge in [-0.15, -0.1) is 0 Å². The van der Waals surface area contributed by atoms with E-state index in [1.165, 1.54) is 26.2 Å². The maximum Gasteiger partial charge on any atom is 0.326 e. The van der Waals surface area contributed by atoms with Crippen molar-refractivity contribution in [1.29, 1.82) is 0 Å². The van der Waals surface area contributed by atoms with Crippen molar-refractivity contribution >= 4 is 11.9 Å². The van der Waals surface area contributed by atoms with Gasteiger partial charge >= 0.3 is 5.97 Å². The number of hydrogen-bond donors (Lipinski definition) is 1. The molecule has 0 aliphatic carbocycles. The first-order valence-electron chi connectivity index (χ1n) is 7.83. The maximum atomic E-state index is 12.6. The minimum atomic E-state index is -0.951. The standard InChI is InChI=1S/C17H23NO6/c1-22-13-8-11(9-14(23-2)16(13)24-3)10-15(19)18-7-5-4-6-12(18)17(20)21/h8-9,12H,4-7,10H2,1-3H3,(H,20,21)/t12-/m1/s1. The summed E-state index contributed by atoms with van der Waals surface area (Å²) >= 11 is 0. The van der Waals surface area contributed by atoms with Gasteiger partial charge in [-0.2, -0.15) is 0 Å². The molecule has 1 amide bonds. The number of rotatable bonds is 6. The summed E-state index contributed by atoms with van der Waals surface area (Å²) in [5, 5.41) is 9.31. The summed E-state index contributed by atoms with van der Waals surface area (Å²) in [5.74, 6) is 0.225. The number of piperidine rings is 1. The predicted octanol–water partition coefficient (Wildman–Crippen LogP) is 1.72. The Hall–Kier alpha value is -2.44. The van der Waals surface area contributed by atoms with Crippen molar-refractivity contribution in [2.24, 2.45) is 0 Å². The molecule has 1 fully saturated rings. The van der Waals surface area contributed by atoms with Crippen LogP contribution >= 0.6 is 0 Å². The molecule has 0 radical (unpaired) electrons. The smallest absolute Gasteiger partial charge is 0.326 e. The molecule has 0 saturated carbocycles. The van der Waals surface area contributed by atoms with Gasteiger partial charge < -0.3 is 24.2 Å². The minimum absolute atomic E-state index is 0.0838. The van der Waals surface area contributed by atoms with Gasteiger partial charge in [0.2, 0.25) is 11.7 Å². The lowest BCUT2D eigenvalue weighted by Crippen LogP contribution is -2.48. The molecule has 1 aromatic rings. The monoisotopic (exact) mass is 337 g/mol. The molecule has 1 N–H and O–H groups in total. The van der Waals surface area contributed by atoms with E-state index in [9.17, 15) is 14.7 Å². The highest BCUT2D eigenvalue weighted by molar-refractivity contribution is 5.85. The van der Waals surface area contributed by atoms with Gasteiger partial charge in [0.05, 0.1) is 27.8 Å². The third-order valence-corrected chi connectivity index (χ3v) is 4.19. The lowest BCUT2D eigenvalue weighted by molar-refractivity contribution is -0.151. The molecular formula is C17H23NO6. The van der Waals surface area contributed by atoms with Crippen molar-refractivity contribution in [3.05, 3.63) is 17.7 Å². The van der Waals surface area contributed by atoms with Crippen molar-refractivity contribution in [2.45, 2.75) is 31.7 Å². The van der Waals surface area contributed by atoms with Crippen LogP contribution in [-0.4, -0.2) is 55.8 Å². The lowest BCUT2D eigenvalue weighted by atomic mass is 10.0. The molecule has 132 valence electrons. The van der Waals surface area contributed by atoms with Gasteiger partial charge in [-0.05, 0) is 37.0 Å². The topological polar surface area (TPSA) is 85.3 Å². The van der Waals surface area contributed by atoms with Crippen LogP contribution in [0.15, 0.2) is 12.1 Å². The van der Waals surface area contributed by atoms with Gasteiger partial charge in [0.25, 0.3) is 0 Å². The maximum absolute atomic E-state index is 12.6. The van der Waals surface area contributed by atoms with E-state index in [2.05, 4.69) is 0 Å². The van der Waals surface area contributed by atoms with E-state index < -0.39 is 12.0 Å². The number of benzene rings is 1. The van der Waals surface area contributed by atoms with E-state index >= 15 is 0 Å². The molecule has 1 heterocycles. The number of amides is 1. The summed E-state index contributed by atoms with van der Waals surface area (Å²) in [4.78, 5) is 25.4. The molecule has 1 saturated heterocycles. The number of likely N-dealkylation sites (tertiary alicyclic amines) is 1. The number of carboxylic acids is 1. The van der Waals surface area contributed by atoms with Crippen molar-refractivity contribution < 1.29 is 28.9 Å². The molecule has 1 atom stereocenters. The minimum Gasteiger partial charge on any atom is -0.493 e. The van der Waals surface area contributed by atoms with Crippen molar-refractivity contribution in [3.63, 3.8) is 0 Å². The van der Waals surface area contributed by atoms with Crippen LogP contribution in [0, 0.1) is 0 Å². The molecule has 7 heteroatoms. The molecule has 0 unspecified atom stereocenters. The second-order valence-corrected chi connectivity index (χ2v) is 5.65. The van der Waals surface area contributed by atoms with Crippen molar-refractivity contribution in [2.75, 3.05) is 27.9 Å². The second kappa shape index (κ2) is 7.90. The third kappa shape index (κ3) is 3.72. The zero-order valence-corrected chi connectivity index (χ0v) is 14.2. The van der Waals surface area contributed by atoms with Crippen LogP contribution in [0.4, 0.5) is 0 Å². The van der Waals surface area contributed by atoms with Crippen LogP contribution in [-0.2, 0) is 16.0 Å². The lowest BCUT2D eigenvalue weighted by Gasteiger charge is -2.33. The zero-order chi connectivity index (χ0) is 17.7. The summed E-state index contributed by atoms with van der Waals surface area (Å²) in [6.07, 6.45) is 2.23. The molecule has 7 nitrogen and oxygen atoms in total. The number of aliphatic carboxylic acids is 1. The van der Waals surface area contributed by atoms with Crippen LogP contribution in [0.25, 0.3) is 0 Å². The Labute approximate surface area is 141 Å². The Balaban J connectivity index is 2.23. The fraction of sp³-hybridized carbons (Fsp3) is 0.529. The Bertz CT molecular complexity index is 590. The fourth-order valence-corrected chi connectivity index (χ4v) is 3.00. The van der Waals surface area contributed by atoms with Gasteiger partial charge in [-0.3, -0.25) is 4.79 Å². The predicted molar refractivity (Wildman–Crippen MR) is 86.8 cm³/mol. The molecule has 1 aliphatic rings. The first-order chi connectivity index (χ1) is 11.5. The van der Waals surface area contributed by atoms with E-state index in [1.54, 1.807) is 12.1 Å². The molecule has 1 aliphatic heterocycles. The SMILES string of the molecule is COc1cc(CC(=O)N2CCCC[C@@H]2C(=O)O)cc(OC)c1OC. The highest BCUT2D eigenvalue weighted by Gasteiger charge is 2.32. The normalized spacial score (nSPS) is 17.3. The zero-order valence-electron chi connectivity index (χ0n) is 14.2. The van der Waals surface area contributed by atoms with Gasteiger partial charge in [-0.1, -0.05) is 0 Å². The van der Waals surface area contributed by atoms with E-state index in [1.807, 2.05) is 0 Å². The third-order valence-electron chi connectivity index (χ3n) is 4.19. The summed E-state index contributed by atoms with van der Waals surface area (Å²) in [6, 6.07) is 2.67. The molecule has 0 spiro atoms. The number of nitrogens with zero attached hydrogens (tertiary/aromatic N) is 1. The van der Waals surface area contributed by atoms with Gasteiger partial charge in [0.15, 0.2) is 11.5 Å². The van der Waals surface area contributed by atoms with E-state index in [0.717, 1.165) is 12.8 Å². The Morgan fingerprint density at radius 2 is 1.75 bits per heavy atom. The fourth-order valence-electron chi connectivity index (χ4n) is 3.00. The highest BCUT2D eigenvalue weighted by atomic mass is 16.5. The highest BCUT2D eigenvalue weighted by Crippen LogP contribution is 2.38. The number of ether oxygens (including phenoxy) is 3. The molecule has 24 heavy (non-hydrogen) atoms. The first-order valence-corrected chi connectivity index (χ1v) is 7.83. The largest absolute Gasteiger partial charge is 0.493 e. The quantitative estimate of drug-likeness (QED) is 0.851. The Morgan fingerprint density at radius 1 is 1.12 bits per heavy atom. The average molecular weight is 337 g/mol. The van der Waals surface area contributed by atoms with Crippen molar-refractivity contribution in [1.82, 2.24) is 4.90 Å². The second-order valence-electron chi connectivity index (χ2n) is 5.65. The van der Waals surface area contributed by atoms with E-state index in [4.69, 9.17) is 14.2 Å². The molecule has 0 aromatic heterocycles. The Kier molecular flexibility index (Phi) is 5.89. The first kappa shape index (κ1) is 17.9. The van der Waals surface area contributed by atoms with Gasteiger partial charge in [0.1, 0.15) is 6.04 Å². The summed E-state index contributed by atoms with van der Waals surface area (Å²) < 4.78 is 15.8. The van der Waals surface area contributed by atoms with Gasteiger partial charge in [0, 0.05) is 6.54 Å². The van der Waals surface area contributed by atoms with Crippen LogP contribution in [0.2, 0.25) is 0 Å². The molecule has 2 rings (SSSR count).